The number of nitrogens with one attached hydrogen (secondary N) is 1. The van der Waals surface area contributed by atoms with Gasteiger partial charge in [-0.3, -0.25) is 0 Å². The molecule has 0 radical (unpaired) electrons. The van der Waals surface area contributed by atoms with Crippen LogP contribution in [0.2, 0.25) is 5.32 Å². The summed E-state index contributed by atoms with van der Waals surface area (Å²) < 4.78 is 0.943. The van der Waals surface area contributed by atoms with E-state index in [1.54, 1.807) is 11.8 Å². The second kappa shape index (κ2) is 2.75. The maximum absolute atomic E-state index is 7.18. The molecule has 1 heterocycles. The Morgan fingerprint density at radius 2 is 2.57 bits per heavy atom. The van der Waals surface area contributed by atoms with E-state index < -0.39 is 0 Å². The Balaban J connectivity index is 2.25. The zero-order valence-electron chi connectivity index (χ0n) is 3.94. The summed E-state index contributed by atoms with van der Waals surface area (Å²) in [5.74, 6) is 1.20. The van der Waals surface area contributed by atoms with E-state index in [1.165, 1.54) is 17.5 Å². The molecule has 1 aliphatic rings. The molecule has 1 nitrogen and oxygen atoms in total. The molecule has 0 aromatic carbocycles. The predicted octanol–water partition coefficient (Wildman–Crippen LogP) is 1.18. The zero-order valence-corrected chi connectivity index (χ0v) is 6.47. The Bertz CT molecular complexity index is 75.8. The van der Waals surface area contributed by atoms with E-state index >= 15 is 0 Å². The fourth-order valence-electron chi connectivity index (χ4n) is 0.430. The van der Waals surface area contributed by atoms with Gasteiger partial charge in [0, 0.05) is 0 Å². The van der Waals surface area contributed by atoms with Crippen LogP contribution in [0.4, 0.5) is 0 Å². The van der Waals surface area contributed by atoms with E-state index in [9.17, 15) is 0 Å². The molecule has 7 heavy (non-hydrogen) atoms. The molecule has 0 atom stereocenters. The van der Waals surface area contributed by atoms with Crippen molar-refractivity contribution in [2.75, 3.05) is 5.75 Å². The van der Waals surface area contributed by atoms with E-state index in [0.717, 1.165) is 3.94 Å². The summed E-state index contributed by atoms with van der Waals surface area (Å²) in [7, 11) is 0. The first-order valence-corrected chi connectivity index (χ1v) is 5.29. The van der Waals surface area contributed by atoms with Crippen molar-refractivity contribution in [3.8, 4) is 0 Å². The van der Waals surface area contributed by atoms with Crippen molar-refractivity contribution in [2.24, 2.45) is 0 Å². The number of hydrogen-bond donors (Lipinski definition) is 1. The van der Waals surface area contributed by atoms with Crippen LogP contribution in [0, 0.1) is 5.41 Å². The molecule has 1 aliphatic heterocycles. The van der Waals surface area contributed by atoms with Crippen molar-refractivity contribution in [1.29, 1.82) is 5.41 Å². The van der Waals surface area contributed by atoms with Gasteiger partial charge in [-0.25, -0.2) is 0 Å². The molecular formula is C4H7NSSe. The van der Waals surface area contributed by atoms with Crippen LogP contribution in [0.15, 0.2) is 0 Å². The van der Waals surface area contributed by atoms with Gasteiger partial charge in [0.2, 0.25) is 0 Å². The molecule has 1 rings (SSSR count). The maximum atomic E-state index is 7.18. The molecule has 1 saturated heterocycles. The fraction of sp³-hybridized carbons (Fsp3) is 0.750. The third-order valence-corrected chi connectivity index (χ3v) is 4.45. The first-order chi connectivity index (χ1) is 3.39. The molecule has 0 aromatic rings. The first kappa shape index (κ1) is 5.67. The average Bonchev–Trinajstić information content (AvgIpc) is 1.69. The van der Waals surface area contributed by atoms with Crippen molar-refractivity contribution >= 4 is 30.7 Å². The standard InChI is InChI=1S/C4H7NSSe/c5-4-6-2-1-3-7-4/h5H,1-3H2. The summed E-state index contributed by atoms with van der Waals surface area (Å²) in [6.07, 6.45) is 1.34. The SMILES string of the molecule is N=C1SCCC[Se]1. The van der Waals surface area contributed by atoms with Gasteiger partial charge in [-0.15, -0.1) is 0 Å². The Labute approximate surface area is 53.9 Å². The van der Waals surface area contributed by atoms with E-state index in [1.807, 2.05) is 0 Å². The third kappa shape index (κ3) is 1.85. The van der Waals surface area contributed by atoms with Gasteiger partial charge in [-0.2, -0.15) is 0 Å². The van der Waals surface area contributed by atoms with Crippen LogP contribution in [-0.2, 0) is 0 Å². The van der Waals surface area contributed by atoms with Crippen molar-refractivity contribution < 1.29 is 0 Å². The molecule has 0 bridgehead atoms. The van der Waals surface area contributed by atoms with Crippen LogP contribution in [0.3, 0.4) is 0 Å². The van der Waals surface area contributed by atoms with Crippen molar-refractivity contribution in [2.45, 2.75) is 11.7 Å². The monoisotopic (exact) mass is 181 g/mol. The molecule has 0 amide bonds. The Kier molecular flexibility index (Phi) is 2.23. The van der Waals surface area contributed by atoms with E-state index in [2.05, 4.69) is 0 Å². The molecule has 1 fully saturated rings. The summed E-state index contributed by atoms with van der Waals surface area (Å²) in [5.41, 5.74) is 0. The van der Waals surface area contributed by atoms with E-state index in [4.69, 9.17) is 5.41 Å². The van der Waals surface area contributed by atoms with Crippen LogP contribution < -0.4 is 0 Å². The number of rotatable bonds is 0. The molecule has 0 aromatic heterocycles. The third-order valence-electron chi connectivity index (χ3n) is 0.755. The fourth-order valence-corrected chi connectivity index (χ4v) is 3.88. The Morgan fingerprint density at radius 1 is 1.71 bits per heavy atom. The van der Waals surface area contributed by atoms with Crippen LogP contribution >= 0.6 is 11.8 Å². The summed E-state index contributed by atoms with van der Waals surface area (Å²) in [6, 6.07) is 0. The summed E-state index contributed by atoms with van der Waals surface area (Å²) in [4.78, 5) is 0. The average molecular weight is 180 g/mol. The van der Waals surface area contributed by atoms with E-state index in [0.29, 0.717) is 15.0 Å². The van der Waals surface area contributed by atoms with Gasteiger partial charge < -0.3 is 0 Å². The first-order valence-electron chi connectivity index (χ1n) is 2.24. The van der Waals surface area contributed by atoms with Crippen LogP contribution in [-0.4, -0.2) is 24.7 Å². The molecule has 40 valence electrons. The predicted molar refractivity (Wildman–Crippen MR) is 35.4 cm³/mol. The molecule has 0 unspecified atom stereocenters. The number of thioether (sulfide) groups is 1. The van der Waals surface area contributed by atoms with Gasteiger partial charge in [0.25, 0.3) is 0 Å². The number of hydrogen-bond acceptors (Lipinski definition) is 2. The minimum atomic E-state index is 0.558. The van der Waals surface area contributed by atoms with Crippen molar-refractivity contribution in [3.05, 3.63) is 0 Å². The minimum absolute atomic E-state index is 0.558. The topological polar surface area (TPSA) is 23.9 Å². The van der Waals surface area contributed by atoms with E-state index in [-0.39, 0.29) is 0 Å². The van der Waals surface area contributed by atoms with Crippen LogP contribution in [0.5, 0.6) is 0 Å². The molecular weight excluding hydrogens is 173 g/mol. The van der Waals surface area contributed by atoms with Gasteiger partial charge in [-0.05, 0) is 0 Å². The van der Waals surface area contributed by atoms with Crippen LogP contribution in [0.25, 0.3) is 0 Å². The second-order valence-corrected chi connectivity index (χ2v) is 5.35. The normalized spacial score (nSPS) is 22.6. The summed E-state index contributed by atoms with van der Waals surface area (Å²) in [6.45, 7) is 0. The molecule has 0 saturated carbocycles. The summed E-state index contributed by atoms with van der Waals surface area (Å²) in [5, 5.41) is 8.48. The van der Waals surface area contributed by atoms with Gasteiger partial charge >= 0.3 is 53.6 Å². The summed E-state index contributed by atoms with van der Waals surface area (Å²) >= 11 is 2.29. The quantitative estimate of drug-likeness (QED) is 0.556. The van der Waals surface area contributed by atoms with Crippen molar-refractivity contribution in [3.63, 3.8) is 0 Å². The van der Waals surface area contributed by atoms with Gasteiger partial charge in [0.1, 0.15) is 0 Å². The van der Waals surface area contributed by atoms with Gasteiger partial charge in [-0.1, -0.05) is 0 Å². The molecule has 0 spiro atoms. The Morgan fingerprint density at radius 3 is 2.86 bits per heavy atom. The zero-order chi connectivity index (χ0) is 5.11. The molecule has 1 N–H and O–H groups in total. The van der Waals surface area contributed by atoms with Crippen molar-refractivity contribution in [1.82, 2.24) is 0 Å². The molecule has 3 heteroatoms. The second-order valence-electron chi connectivity index (χ2n) is 1.34. The molecule has 0 aliphatic carbocycles. The van der Waals surface area contributed by atoms with Gasteiger partial charge in [0.05, 0.1) is 0 Å². The Hall–Kier alpha value is 0.539. The van der Waals surface area contributed by atoms with Gasteiger partial charge in [0.15, 0.2) is 0 Å². The van der Waals surface area contributed by atoms with Crippen LogP contribution in [0.1, 0.15) is 6.42 Å².